The molecule has 1 aliphatic carbocycles. The Kier molecular flexibility index (Phi) is 4.99. The van der Waals surface area contributed by atoms with Gasteiger partial charge >= 0.3 is 0 Å². The van der Waals surface area contributed by atoms with Gasteiger partial charge in [0.1, 0.15) is 0 Å². The van der Waals surface area contributed by atoms with Crippen LogP contribution in [0.5, 0.6) is 0 Å². The first-order valence-electron chi connectivity index (χ1n) is 6.69. The van der Waals surface area contributed by atoms with Crippen molar-refractivity contribution >= 4 is 29.3 Å². The largest absolute Gasteiger partial charge is 0.392 e. The molecule has 0 bridgehead atoms. The van der Waals surface area contributed by atoms with Gasteiger partial charge in [-0.25, -0.2) is 0 Å². The summed E-state index contributed by atoms with van der Waals surface area (Å²) in [5, 5.41) is 13.4. The van der Waals surface area contributed by atoms with Crippen LogP contribution < -0.4 is 5.32 Å². The smallest absolute Gasteiger partial charge is 0.230 e. The molecule has 1 aromatic rings. The zero-order valence-electron chi connectivity index (χ0n) is 11.7. The lowest BCUT2D eigenvalue weighted by Crippen LogP contribution is -2.61. The number of thioether (sulfide) groups is 1. The highest BCUT2D eigenvalue weighted by atomic mass is 35.5. The lowest BCUT2D eigenvalue weighted by atomic mass is 9.64. The Morgan fingerprint density at radius 1 is 1.45 bits per heavy atom. The lowest BCUT2D eigenvalue weighted by Gasteiger charge is -2.49. The van der Waals surface area contributed by atoms with Gasteiger partial charge in [-0.15, -0.1) is 11.8 Å². The molecular weight excluding hydrogens is 294 g/mol. The number of halogens is 1. The summed E-state index contributed by atoms with van der Waals surface area (Å²) < 4.78 is 0. The molecular formula is C15H20ClNO2S. The summed E-state index contributed by atoms with van der Waals surface area (Å²) in [6.07, 6.45) is 0.343. The third-order valence-electron chi connectivity index (χ3n) is 3.97. The van der Waals surface area contributed by atoms with Crippen molar-refractivity contribution in [3.05, 3.63) is 34.9 Å². The summed E-state index contributed by atoms with van der Waals surface area (Å²) in [4.78, 5) is 11.9. The Labute approximate surface area is 129 Å². The number of carbonyl (C=O) groups excluding carboxylic acids is 1. The van der Waals surface area contributed by atoms with E-state index in [1.807, 2.05) is 38.1 Å². The van der Waals surface area contributed by atoms with Crippen molar-refractivity contribution in [2.24, 2.45) is 5.41 Å². The van der Waals surface area contributed by atoms with Crippen LogP contribution in [0.15, 0.2) is 24.3 Å². The van der Waals surface area contributed by atoms with Crippen molar-refractivity contribution in [2.75, 3.05) is 5.75 Å². The molecule has 2 N–H and O–H groups in total. The van der Waals surface area contributed by atoms with Crippen LogP contribution in [0.25, 0.3) is 0 Å². The second-order valence-electron chi connectivity index (χ2n) is 5.81. The summed E-state index contributed by atoms with van der Waals surface area (Å²) in [5.41, 5.74) is 0.947. The number of hydrogen-bond donors (Lipinski definition) is 2. The third-order valence-corrected chi connectivity index (χ3v) is 5.22. The molecule has 0 aromatic heterocycles. The van der Waals surface area contributed by atoms with E-state index in [4.69, 9.17) is 11.6 Å². The predicted molar refractivity (Wildman–Crippen MR) is 83.9 cm³/mol. The molecule has 2 unspecified atom stereocenters. The molecule has 0 saturated heterocycles. The number of aliphatic hydroxyl groups excluding tert-OH is 1. The minimum absolute atomic E-state index is 0.0361. The first-order chi connectivity index (χ1) is 9.39. The summed E-state index contributed by atoms with van der Waals surface area (Å²) in [7, 11) is 0. The van der Waals surface area contributed by atoms with E-state index in [9.17, 15) is 9.90 Å². The van der Waals surface area contributed by atoms with Crippen molar-refractivity contribution in [2.45, 2.75) is 38.2 Å². The van der Waals surface area contributed by atoms with Gasteiger partial charge in [0, 0.05) is 22.2 Å². The molecule has 5 heteroatoms. The van der Waals surface area contributed by atoms with Gasteiger partial charge in [0.05, 0.1) is 11.9 Å². The van der Waals surface area contributed by atoms with E-state index in [1.54, 1.807) is 11.8 Å². The number of rotatable bonds is 5. The van der Waals surface area contributed by atoms with E-state index in [0.29, 0.717) is 12.2 Å². The van der Waals surface area contributed by atoms with Crippen LogP contribution in [0.1, 0.15) is 25.8 Å². The highest BCUT2D eigenvalue weighted by Gasteiger charge is 2.47. The monoisotopic (exact) mass is 313 g/mol. The zero-order chi connectivity index (χ0) is 14.8. The van der Waals surface area contributed by atoms with Gasteiger partial charge in [-0.2, -0.15) is 0 Å². The molecule has 0 radical (unpaired) electrons. The van der Waals surface area contributed by atoms with Crippen molar-refractivity contribution in [1.29, 1.82) is 0 Å². The molecule has 1 saturated carbocycles. The Balaban J connectivity index is 1.70. The van der Waals surface area contributed by atoms with Gasteiger partial charge in [0.25, 0.3) is 0 Å². The molecule has 20 heavy (non-hydrogen) atoms. The van der Waals surface area contributed by atoms with Crippen molar-refractivity contribution in [1.82, 2.24) is 5.32 Å². The van der Waals surface area contributed by atoms with E-state index >= 15 is 0 Å². The topological polar surface area (TPSA) is 49.3 Å². The van der Waals surface area contributed by atoms with Crippen LogP contribution in [0.2, 0.25) is 5.02 Å². The molecule has 1 amide bonds. The highest BCUT2D eigenvalue weighted by molar-refractivity contribution is 7.99. The number of benzene rings is 1. The second kappa shape index (κ2) is 6.37. The van der Waals surface area contributed by atoms with E-state index in [0.717, 1.165) is 16.3 Å². The maximum atomic E-state index is 11.9. The summed E-state index contributed by atoms with van der Waals surface area (Å²) in [6.45, 7) is 3.96. The fourth-order valence-electron chi connectivity index (χ4n) is 2.23. The fraction of sp³-hybridized carbons (Fsp3) is 0.533. The minimum Gasteiger partial charge on any atom is -0.392 e. The lowest BCUT2D eigenvalue weighted by molar-refractivity contribution is -0.126. The van der Waals surface area contributed by atoms with E-state index < -0.39 is 0 Å². The van der Waals surface area contributed by atoms with Gasteiger partial charge in [0.15, 0.2) is 0 Å². The Bertz CT molecular complexity index is 475. The molecule has 0 spiro atoms. The molecule has 110 valence electrons. The van der Waals surface area contributed by atoms with Crippen molar-refractivity contribution < 1.29 is 9.90 Å². The third kappa shape index (κ3) is 3.68. The number of amides is 1. The molecule has 0 heterocycles. The molecule has 1 aromatic carbocycles. The predicted octanol–water partition coefficient (Wildman–Crippen LogP) is 2.85. The fourth-order valence-corrected chi connectivity index (χ4v) is 3.15. The average Bonchev–Trinajstić information content (AvgIpc) is 2.41. The summed E-state index contributed by atoms with van der Waals surface area (Å²) >= 11 is 7.40. The van der Waals surface area contributed by atoms with Crippen LogP contribution >= 0.6 is 23.4 Å². The Morgan fingerprint density at radius 3 is 2.65 bits per heavy atom. The highest BCUT2D eigenvalue weighted by Crippen LogP contribution is 2.40. The SMILES string of the molecule is CC1(C)C(O)CC1NC(=O)CSCc1ccc(Cl)cc1. The Morgan fingerprint density at radius 2 is 2.10 bits per heavy atom. The normalized spacial score (nSPS) is 24.0. The van der Waals surface area contributed by atoms with Crippen LogP contribution in [0.4, 0.5) is 0 Å². The van der Waals surface area contributed by atoms with Crippen molar-refractivity contribution in [3.63, 3.8) is 0 Å². The van der Waals surface area contributed by atoms with E-state index in [-0.39, 0.29) is 23.5 Å². The van der Waals surface area contributed by atoms with Crippen LogP contribution in [-0.2, 0) is 10.5 Å². The standard InChI is InChI=1S/C15H20ClNO2S/c1-15(2)12(7-13(15)18)17-14(19)9-20-8-10-3-5-11(16)6-4-10/h3-6,12-13,18H,7-9H2,1-2H3,(H,17,19). The molecule has 1 aliphatic rings. The molecule has 0 aliphatic heterocycles. The summed E-state index contributed by atoms with van der Waals surface area (Å²) in [6, 6.07) is 7.74. The number of hydrogen-bond acceptors (Lipinski definition) is 3. The minimum atomic E-state index is -0.311. The first kappa shape index (κ1) is 15.7. The summed E-state index contributed by atoms with van der Waals surface area (Å²) in [5.74, 6) is 1.26. The van der Waals surface area contributed by atoms with Crippen LogP contribution in [0.3, 0.4) is 0 Å². The zero-order valence-corrected chi connectivity index (χ0v) is 13.3. The van der Waals surface area contributed by atoms with Gasteiger partial charge in [-0.1, -0.05) is 37.6 Å². The van der Waals surface area contributed by atoms with Crippen molar-refractivity contribution in [3.8, 4) is 0 Å². The van der Waals surface area contributed by atoms with Crippen LogP contribution in [-0.4, -0.2) is 28.9 Å². The van der Waals surface area contributed by atoms with Crippen LogP contribution in [0, 0.1) is 5.41 Å². The maximum Gasteiger partial charge on any atom is 0.230 e. The second-order valence-corrected chi connectivity index (χ2v) is 7.23. The number of nitrogens with one attached hydrogen (secondary N) is 1. The molecule has 1 fully saturated rings. The maximum absolute atomic E-state index is 11.9. The van der Waals surface area contributed by atoms with E-state index in [2.05, 4.69) is 5.32 Å². The molecule has 2 atom stereocenters. The molecule has 2 rings (SSSR count). The number of carbonyl (C=O) groups is 1. The van der Waals surface area contributed by atoms with Gasteiger partial charge in [0.2, 0.25) is 5.91 Å². The quantitative estimate of drug-likeness (QED) is 0.879. The average molecular weight is 314 g/mol. The first-order valence-corrected chi connectivity index (χ1v) is 8.22. The van der Waals surface area contributed by atoms with Gasteiger partial charge in [-0.05, 0) is 24.1 Å². The molecule has 3 nitrogen and oxygen atoms in total. The van der Waals surface area contributed by atoms with Gasteiger partial charge < -0.3 is 10.4 Å². The van der Waals surface area contributed by atoms with E-state index in [1.165, 1.54) is 0 Å². The Hall–Kier alpha value is -0.710. The van der Waals surface area contributed by atoms with Gasteiger partial charge in [-0.3, -0.25) is 4.79 Å². The number of aliphatic hydroxyl groups is 1.